The molecule has 1 heterocycles. The van der Waals surface area contributed by atoms with Crippen molar-refractivity contribution in [2.45, 2.75) is 65.0 Å². The van der Waals surface area contributed by atoms with Crippen molar-refractivity contribution in [3.05, 3.63) is 0 Å². The summed E-state index contributed by atoms with van der Waals surface area (Å²) >= 11 is 0. The zero-order valence-electron chi connectivity index (χ0n) is 12.7. The van der Waals surface area contributed by atoms with Crippen LogP contribution in [0.1, 0.15) is 52.9 Å². The summed E-state index contributed by atoms with van der Waals surface area (Å²) in [5, 5.41) is 6.39. The van der Waals surface area contributed by atoms with Gasteiger partial charge in [-0.3, -0.25) is 4.79 Å². The van der Waals surface area contributed by atoms with Gasteiger partial charge in [-0.25, -0.2) is 0 Å². The van der Waals surface area contributed by atoms with Gasteiger partial charge in [-0.15, -0.1) is 0 Å². The van der Waals surface area contributed by atoms with Crippen molar-refractivity contribution >= 4 is 5.91 Å². The van der Waals surface area contributed by atoms with E-state index < -0.39 is 0 Å². The third kappa shape index (κ3) is 6.92. The summed E-state index contributed by atoms with van der Waals surface area (Å²) in [6.07, 6.45) is 5.36. The number of hydrogen-bond donors (Lipinski definition) is 2. The number of carbonyl (C=O) groups is 1. The van der Waals surface area contributed by atoms with E-state index in [1.807, 2.05) is 13.8 Å². The van der Waals surface area contributed by atoms with Gasteiger partial charge in [0.25, 0.3) is 0 Å². The third-order valence-electron chi connectivity index (χ3n) is 3.77. The molecule has 0 aliphatic carbocycles. The highest BCUT2D eigenvalue weighted by Crippen LogP contribution is 2.14. The predicted molar refractivity (Wildman–Crippen MR) is 78.1 cm³/mol. The van der Waals surface area contributed by atoms with Gasteiger partial charge in [0.05, 0.1) is 0 Å². The van der Waals surface area contributed by atoms with Gasteiger partial charge in [-0.1, -0.05) is 13.3 Å². The molecule has 19 heavy (non-hydrogen) atoms. The fourth-order valence-electron chi connectivity index (χ4n) is 2.52. The molecule has 1 fully saturated rings. The van der Waals surface area contributed by atoms with Crippen LogP contribution in [0.2, 0.25) is 0 Å². The van der Waals surface area contributed by atoms with E-state index in [0.717, 1.165) is 32.4 Å². The second-order valence-electron chi connectivity index (χ2n) is 5.71. The summed E-state index contributed by atoms with van der Waals surface area (Å²) in [4.78, 5) is 11.9. The molecule has 0 saturated carbocycles. The Morgan fingerprint density at radius 1 is 1.47 bits per heavy atom. The van der Waals surface area contributed by atoms with E-state index in [4.69, 9.17) is 4.74 Å². The monoisotopic (exact) mass is 270 g/mol. The predicted octanol–water partition coefficient (Wildman–Crippen LogP) is 2.09. The van der Waals surface area contributed by atoms with Crippen molar-refractivity contribution in [2.24, 2.45) is 5.92 Å². The van der Waals surface area contributed by atoms with E-state index in [0.29, 0.717) is 12.5 Å². The first-order valence-corrected chi connectivity index (χ1v) is 7.76. The first kappa shape index (κ1) is 16.4. The Kier molecular flexibility index (Phi) is 8.07. The van der Waals surface area contributed by atoms with E-state index in [-0.39, 0.29) is 18.1 Å². The number of ether oxygens (including phenoxy) is 1. The molecular weight excluding hydrogens is 240 g/mol. The first-order chi connectivity index (χ1) is 9.13. The average Bonchev–Trinajstić information content (AvgIpc) is 2.40. The molecular formula is C15H30N2O2. The number of hydrogen-bond acceptors (Lipinski definition) is 3. The summed E-state index contributed by atoms with van der Waals surface area (Å²) < 4.78 is 5.65. The number of piperidine rings is 1. The van der Waals surface area contributed by atoms with Crippen molar-refractivity contribution in [1.82, 2.24) is 10.6 Å². The van der Waals surface area contributed by atoms with Crippen LogP contribution in [0.4, 0.5) is 0 Å². The normalized spacial score (nSPS) is 22.8. The molecule has 0 spiro atoms. The van der Waals surface area contributed by atoms with Crippen LogP contribution < -0.4 is 10.6 Å². The second-order valence-corrected chi connectivity index (χ2v) is 5.71. The molecule has 0 bridgehead atoms. The van der Waals surface area contributed by atoms with Gasteiger partial charge >= 0.3 is 0 Å². The van der Waals surface area contributed by atoms with E-state index in [9.17, 15) is 4.79 Å². The fraction of sp³-hybridized carbons (Fsp3) is 0.933. The fourth-order valence-corrected chi connectivity index (χ4v) is 2.52. The molecule has 3 atom stereocenters. The average molecular weight is 270 g/mol. The number of carbonyl (C=O) groups excluding carboxylic acids is 1. The summed E-state index contributed by atoms with van der Waals surface area (Å²) in [5.74, 6) is 0.728. The SMILES string of the molecule is CCCC(C)NC(=O)C(C)OCCC1CCCNC1. The zero-order chi connectivity index (χ0) is 14.1. The lowest BCUT2D eigenvalue weighted by molar-refractivity contribution is -0.132. The van der Waals surface area contributed by atoms with Gasteiger partial charge in [-0.05, 0) is 58.5 Å². The molecule has 1 saturated heterocycles. The number of amides is 1. The van der Waals surface area contributed by atoms with E-state index >= 15 is 0 Å². The molecule has 0 aromatic rings. The maximum Gasteiger partial charge on any atom is 0.249 e. The summed E-state index contributed by atoms with van der Waals surface area (Å²) in [6.45, 7) is 8.93. The smallest absolute Gasteiger partial charge is 0.249 e. The minimum atomic E-state index is -0.337. The molecule has 112 valence electrons. The molecule has 1 aliphatic rings. The van der Waals surface area contributed by atoms with E-state index in [1.54, 1.807) is 0 Å². The lowest BCUT2D eigenvalue weighted by Crippen LogP contribution is -2.40. The van der Waals surface area contributed by atoms with E-state index in [1.165, 1.54) is 12.8 Å². The molecule has 0 aromatic heterocycles. The Labute approximate surface area is 117 Å². The molecule has 3 unspecified atom stereocenters. The molecule has 4 heteroatoms. The lowest BCUT2D eigenvalue weighted by atomic mass is 9.97. The maximum atomic E-state index is 11.9. The van der Waals surface area contributed by atoms with Gasteiger partial charge in [0, 0.05) is 12.6 Å². The third-order valence-corrected chi connectivity index (χ3v) is 3.77. The summed E-state index contributed by atoms with van der Waals surface area (Å²) in [7, 11) is 0. The topological polar surface area (TPSA) is 50.4 Å². The Morgan fingerprint density at radius 3 is 2.89 bits per heavy atom. The van der Waals surface area contributed by atoms with Crippen LogP contribution in [-0.2, 0) is 9.53 Å². The van der Waals surface area contributed by atoms with Crippen molar-refractivity contribution in [3.8, 4) is 0 Å². The highest BCUT2D eigenvalue weighted by atomic mass is 16.5. The first-order valence-electron chi connectivity index (χ1n) is 7.76. The minimum absolute atomic E-state index is 0.0164. The van der Waals surface area contributed by atoms with Gasteiger partial charge in [0.1, 0.15) is 6.10 Å². The van der Waals surface area contributed by atoms with Crippen molar-refractivity contribution in [1.29, 1.82) is 0 Å². The van der Waals surface area contributed by atoms with Gasteiger partial charge < -0.3 is 15.4 Å². The van der Waals surface area contributed by atoms with Gasteiger partial charge in [0.15, 0.2) is 0 Å². The molecule has 0 radical (unpaired) electrons. The Hall–Kier alpha value is -0.610. The van der Waals surface area contributed by atoms with Crippen molar-refractivity contribution in [3.63, 3.8) is 0 Å². The van der Waals surface area contributed by atoms with Crippen LogP contribution in [0.15, 0.2) is 0 Å². The van der Waals surface area contributed by atoms with Crippen LogP contribution in [0.3, 0.4) is 0 Å². The molecule has 1 amide bonds. The number of nitrogens with one attached hydrogen (secondary N) is 2. The van der Waals surface area contributed by atoms with Gasteiger partial charge in [0.2, 0.25) is 5.91 Å². The number of rotatable bonds is 8. The highest BCUT2D eigenvalue weighted by molar-refractivity contribution is 5.80. The summed E-state index contributed by atoms with van der Waals surface area (Å²) in [6, 6.07) is 0.242. The van der Waals surface area contributed by atoms with Crippen LogP contribution in [0, 0.1) is 5.92 Å². The maximum absolute atomic E-state index is 11.9. The standard InChI is InChI=1S/C15H30N2O2/c1-4-6-12(2)17-15(18)13(3)19-10-8-14-7-5-9-16-11-14/h12-14,16H,4-11H2,1-3H3,(H,17,18). The Balaban J connectivity index is 2.11. The molecule has 1 aliphatic heterocycles. The largest absolute Gasteiger partial charge is 0.369 e. The molecule has 2 N–H and O–H groups in total. The second kappa shape index (κ2) is 9.32. The van der Waals surface area contributed by atoms with E-state index in [2.05, 4.69) is 17.6 Å². The molecule has 1 rings (SSSR count). The van der Waals surface area contributed by atoms with Crippen LogP contribution in [0.5, 0.6) is 0 Å². The Morgan fingerprint density at radius 2 is 2.26 bits per heavy atom. The van der Waals surface area contributed by atoms with Crippen molar-refractivity contribution in [2.75, 3.05) is 19.7 Å². The Bertz CT molecular complexity index is 253. The summed E-state index contributed by atoms with van der Waals surface area (Å²) in [5.41, 5.74) is 0. The molecule has 0 aromatic carbocycles. The molecule has 4 nitrogen and oxygen atoms in total. The van der Waals surface area contributed by atoms with Crippen LogP contribution in [0.25, 0.3) is 0 Å². The van der Waals surface area contributed by atoms with Crippen molar-refractivity contribution < 1.29 is 9.53 Å². The van der Waals surface area contributed by atoms with Gasteiger partial charge in [-0.2, -0.15) is 0 Å². The lowest BCUT2D eigenvalue weighted by Gasteiger charge is -2.23. The minimum Gasteiger partial charge on any atom is -0.369 e. The highest BCUT2D eigenvalue weighted by Gasteiger charge is 2.17. The van der Waals surface area contributed by atoms with Crippen LogP contribution in [-0.4, -0.2) is 37.7 Å². The quantitative estimate of drug-likeness (QED) is 0.710. The van der Waals surface area contributed by atoms with Crippen LogP contribution >= 0.6 is 0 Å². The zero-order valence-corrected chi connectivity index (χ0v) is 12.7.